The maximum atomic E-state index is 12.4. The second-order valence-corrected chi connectivity index (χ2v) is 5.82. The summed E-state index contributed by atoms with van der Waals surface area (Å²) in [5.41, 5.74) is 4.51. The Morgan fingerprint density at radius 1 is 1.10 bits per heavy atom. The average Bonchev–Trinajstić information content (AvgIpc) is 2.67. The lowest BCUT2D eigenvalue weighted by Gasteiger charge is -2.07. The predicted molar refractivity (Wildman–Crippen MR) is 81.6 cm³/mol. The Labute approximate surface area is 124 Å². The van der Waals surface area contributed by atoms with Crippen LogP contribution in [0.15, 0.2) is 22.7 Å². The first-order valence-corrected chi connectivity index (χ1v) is 7.50. The van der Waals surface area contributed by atoms with Gasteiger partial charge >= 0.3 is 0 Å². The summed E-state index contributed by atoms with van der Waals surface area (Å²) in [7, 11) is 0. The van der Waals surface area contributed by atoms with E-state index in [2.05, 4.69) is 16.5 Å². The molecule has 1 aromatic carbocycles. The minimum atomic E-state index is -0.174. The van der Waals surface area contributed by atoms with E-state index in [1.807, 2.05) is 26.0 Å². The quantitative estimate of drug-likeness (QED) is 0.853. The molecule has 4 heteroatoms. The van der Waals surface area contributed by atoms with Crippen molar-refractivity contribution in [2.45, 2.75) is 46.0 Å². The molecule has 1 amide bonds. The van der Waals surface area contributed by atoms with E-state index < -0.39 is 0 Å². The van der Waals surface area contributed by atoms with Gasteiger partial charge in [-0.05, 0) is 56.4 Å². The molecule has 4 nitrogen and oxygen atoms in total. The molecule has 1 aliphatic carbocycles. The van der Waals surface area contributed by atoms with Crippen molar-refractivity contribution in [3.05, 3.63) is 46.3 Å². The second-order valence-electron chi connectivity index (χ2n) is 5.82. The van der Waals surface area contributed by atoms with Crippen LogP contribution in [0.4, 0.5) is 5.69 Å². The van der Waals surface area contributed by atoms with Crippen LogP contribution in [0.25, 0.3) is 0 Å². The van der Waals surface area contributed by atoms with Crippen LogP contribution in [-0.4, -0.2) is 11.1 Å². The van der Waals surface area contributed by atoms with Crippen molar-refractivity contribution in [3.63, 3.8) is 0 Å². The first-order chi connectivity index (χ1) is 10.1. The summed E-state index contributed by atoms with van der Waals surface area (Å²) in [6.07, 6.45) is 5.16. The molecule has 1 heterocycles. The normalized spacial score (nSPS) is 14.4. The topological polar surface area (TPSA) is 55.1 Å². The van der Waals surface area contributed by atoms with Gasteiger partial charge in [-0.1, -0.05) is 17.6 Å². The van der Waals surface area contributed by atoms with Crippen LogP contribution in [0, 0.1) is 13.8 Å². The number of aryl methyl sites for hydroxylation is 3. The zero-order chi connectivity index (χ0) is 14.8. The lowest BCUT2D eigenvalue weighted by atomic mass is 10.1. The van der Waals surface area contributed by atoms with E-state index in [0.29, 0.717) is 5.69 Å². The molecule has 0 radical (unpaired) electrons. The fourth-order valence-electron chi connectivity index (χ4n) is 2.98. The van der Waals surface area contributed by atoms with Gasteiger partial charge in [0.15, 0.2) is 5.69 Å². The van der Waals surface area contributed by atoms with Gasteiger partial charge in [0.2, 0.25) is 0 Å². The predicted octanol–water partition coefficient (Wildman–Crippen LogP) is 3.81. The fourth-order valence-corrected chi connectivity index (χ4v) is 2.98. The maximum absolute atomic E-state index is 12.4. The summed E-state index contributed by atoms with van der Waals surface area (Å²) < 4.78 is 5.36. The minimum absolute atomic E-state index is 0.174. The van der Waals surface area contributed by atoms with Crippen molar-refractivity contribution < 1.29 is 9.32 Å². The Morgan fingerprint density at radius 2 is 1.81 bits per heavy atom. The Morgan fingerprint density at radius 3 is 2.57 bits per heavy atom. The van der Waals surface area contributed by atoms with E-state index in [9.17, 15) is 4.79 Å². The van der Waals surface area contributed by atoms with Crippen molar-refractivity contribution in [1.29, 1.82) is 0 Å². The molecular weight excluding hydrogens is 264 g/mol. The molecule has 0 saturated carbocycles. The number of carbonyl (C=O) groups excluding carboxylic acids is 1. The molecule has 0 fully saturated rings. The van der Waals surface area contributed by atoms with E-state index >= 15 is 0 Å². The number of rotatable bonds is 2. The lowest BCUT2D eigenvalue weighted by molar-refractivity contribution is 0.101. The molecule has 2 aromatic rings. The molecule has 0 unspecified atom stereocenters. The van der Waals surface area contributed by atoms with Crippen molar-refractivity contribution in [2.24, 2.45) is 0 Å². The number of anilines is 1. The summed E-state index contributed by atoms with van der Waals surface area (Å²) in [6, 6.07) is 6.01. The largest absolute Gasteiger partial charge is 0.360 e. The van der Waals surface area contributed by atoms with Gasteiger partial charge in [0.1, 0.15) is 5.76 Å². The number of carbonyl (C=O) groups is 1. The number of aromatic nitrogens is 1. The molecule has 0 atom stereocenters. The van der Waals surface area contributed by atoms with Crippen LogP contribution in [0.5, 0.6) is 0 Å². The third kappa shape index (κ3) is 2.99. The Balaban J connectivity index is 1.84. The summed E-state index contributed by atoms with van der Waals surface area (Å²) in [5.74, 6) is 0.713. The van der Waals surface area contributed by atoms with Crippen LogP contribution >= 0.6 is 0 Å². The SMILES string of the molecule is Cc1cc(C)cc(NC(=O)c2noc3c2CCCCC3)c1. The summed E-state index contributed by atoms with van der Waals surface area (Å²) in [4.78, 5) is 12.4. The van der Waals surface area contributed by atoms with Crippen LogP contribution in [0.3, 0.4) is 0 Å². The number of nitrogens with zero attached hydrogens (tertiary/aromatic N) is 1. The molecule has 110 valence electrons. The summed E-state index contributed by atoms with van der Waals surface area (Å²) in [5, 5.41) is 6.93. The highest BCUT2D eigenvalue weighted by atomic mass is 16.5. The molecule has 0 spiro atoms. The van der Waals surface area contributed by atoms with Gasteiger partial charge in [0.05, 0.1) is 0 Å². The third-order valence-electron chi connectivity index (χ3n) is 3.89. The number of amides is 1. The molecule has 1 aliphatic rings. The highest BCUT2D eigenvalue weighted by Crippen LogP contribution is 2.24. The molecule has 0 aliphatic heterocycles. The van der Waals surface area contributed by atoms with Crippen molar-refractivity contribution >= 4 is 11.6 Å². The van der Waals surface area contributed by atoms with Gasteiger partial charge in [-0.25, -0.2) is 0 Å². The molecule has 0 bridgehead atoms. The molecule has 21 heavy (non-hydrogen) atoms. The standard InChI is InChI=1S/C17H20N2O2/c1-11-8-12(2)10-13(9-11)18-17(20)16-14-6-4-3-5-7-15(14)21-19-16/h8-10H,3-7H2,1-2H3,(H,18,20). The van der Waals surface area contributed by atoms with E-state index in [-0.39, 0.29) is 5.91 Å². The van der Waals surface area contributed by atoms with Crippen LogP contribution in [0.2, 0.25) is 0 Å². The van der Waals surface area contributed by atoms with Crippen LogP contribution in [-0.2, 0) is 12.8 Å². The van der Waals surface area contributed by atoms with Crippen LogP contribution in [0.1, 0.15) is 52.2 Å². The fraction of sp³-hybridized carbons (Fsp3) is 0.412. The van der Waals surface area contributed by atoms with E-state index in [4.69, 9.17) is 4.52 Å². The number of hydrogen-bond donors (Lipinski definition) is 1. The molecule has 3 rings (SSSR count). The number of hydrogen-bond acceptors (Lipinski definition) is 3. The number of benzene rings is 1. The van der Waals surface area contributed by atoms with Crippen molar-refractivity contribution in [1.82, 2.24) is 5.16 Å². The third-order valence-corrected chi connectivity index (χ3v) is 3.89. The first-order valence-electron chi connectivity index (χ1n) is 7.50. The van der Waals surface area contributed by atoms with E-state index in [0.717, 1.165) is 53.8 Å². The van der Waals surface area contributed by atoms with Gasteiger partial charge in [-0.2, -0.15) is 0 Å². The molecule has 0 saturated heterocycles. The first kappa shape index (κ1) is 13.9. The van der Waals surface area contributed by atoms with E-state index in [1.54, 1.807) is 0 Å². The molecular formula is C17H20N2O2. The minimum Gasteiger partial charge on any atom is -0.360 e. The summed E-state index contributed by atoms with van der Waals surface area (Å²) in [6.45, 7) is 4.04. The van der Waals surface area contributed by atoms with Crippen molar-refractivity contribution in [3.8, 4) is 0 Å². The maximum Gasteiger partial charge on any atom is 0.278 e. The second kappa shape index (κ2) is 5.72. The summed E-state index contributed by atoms with van der Waals surface area (Å²) >= 11 is 0. The zero-order valence-corrected chi connectivity index (χ0v) is 12.5. The average molecular weight is 284 g/mol. The highest BCUT2D eigenvalue weighted by molar-refractivity contribution is 6.04. The monoisotopic (exact) mass is 284 g/mol. The van der Waals surface area contributed by atoms with Crippen molar-refractivity contribution in [2.75, 3.05) is 5.32 Å². The number of nitrogens with one attached hydrogen (secondary N) is 1. The van der Waals surface area contributed by atoms with Gasteiger partial charge in [0.25, 0.3) is 5.91 Å². The van der Waals surface area contributed by atoms with Gasteiger partial charge in [-0.3, -0.25) is 4.79 Å². The molecule has 1 aromatic heterocycles. The Kier molecular flexibility index (Phi) is 3.78. The van der Waals surface area contributed by atoms with E-state index in [1.165, 1.54) is 6.42 Å². The van der Waals surface area contributed by atoms with Crippen LogP contribution < -0.4 is 5.32 Å². The Bertz CT molecular complexity index is 653. The highest BCUT2D eigenvalue weighted by Gasteiger charge is 2.23. The van der Waals surface area contributed by atoms with Gasteiger partial charge in [-0.15, -0.1) is 0 Å². The van der Waals surface area contributed by atoms with Gasteiger partial charge < -0.3 is 9.84 Å². The molecule has 1 N–H and O–H groups in total. The Hall–Kier alpha value is -2.10. The zero-order valence-electron chi connectivity index (χ0n) is 12.5. The smallest absolute Gasteiger partial charge is 0.278 e. The number of fused-ring (bicyclic) bond motifs is 1. The van der Waals surface area contributed by atoms with Gasteiger partial charge in [0, 0.05) is 17.7 Å². The lowest BCUT2D eigenvalue weighted by Crippen LogP contribution is -2.14.